The van der Waals surface area contributed by atoms with Crippen molar-refractivity contribution in [2.45, 2.75) is 19.4 Å². The maximum absolute atomic E-state index is 12.0. The van der Waals surface area contributed by atoms with Gasteiger partial charge in [-0.25, -0.2) is 4.68 Å². The van der Waals surface area contributed by atoms with E-state index in [9.17, 15) is 9.59 Å². The minimum absolute atomic E-state index is 0.0814. The molecule has 0 radical (unpaired) electrons. The van der Waals surface area contributed by atoms with Crippen molar-refractivity contribution in [1.82, 2.24) is 15.1 Å². The number of primary amides is 1. The molecule has 2 amide bonds. The summed E-state index contributed by atoms with van der Waals surface area (Å²) in [6.07, 6.45) is 1.73. The minimum Gasteiger partial charge on any atom is -0.397 e. The number of nitrogen functional groups attached to an aromatic ring is 1. The van der Waals surface area contributed by atoms with Crippen LogP contribution >= 0.6 is 0 Å². The van der Waals surface area contributed by atoms with Crippen molar-refractivity contribution < 1.29 is 9.59 Å². The zero-order valence-corrected chi connectivity index (χ0v) is 11.6. The van der Waals surface area contributed by atoms with E-state index in [2.05, 4.69) is 10.4 Å². The van der Waals surface area contributed by atoms with Gasteiger partial charge in [-0.05, 0) is 25.1 Å². The fourth-order valence-corrected chi connectivity index (χ4v) is 1.93. The second-order valence-electron chi connectivity index (χ2n) is 4.75. The molecule has 0 spiro atoms. The molecule has 0 fully saturated rings. The van der Waals surface area contributed by atoms with Crippen molar-refractivity contribution in [3.8, 4) is 5.69 Å². The van der Waals surface area contributed by atoms with Crippen molar-refractivity contribution in [1.29, 1.82) is 0 Å². The number of nitrogens with one attached hydrogen (secondary N) is 1. The monoisotopic (exact) mass is 287 g/mol. The van der Waals surface area contributed by atoms with Gasteiger partial charge in [-0.1, -0.05) is 12.1 Å². The van der Waals surface area contributed by atoms with Crippen LogP contribution in [-0.4, -0.2) is 27.6 Å². The van der Waals surface area contributed by atoms with E-state index in [4.69, 9.17) is 11.5 Å². The van der Waals surface area contributed by atoms with Gasteiger partial charge in [0.15, 0.2) is 5.69 Å². The predicted octanol–water partition coefficient (Wildman–Crippen LogP) is 0.448. The standard InChI is InChI=1S/C14H17N5O2/c1-9(8-13(16)20)17-14(21)11-6-7-19(18-11)12-5-3-2-4-10(12)15/h2-7,9H,8,15H2,1H3,(H2,16,20)(H,17,21). The van der Waals surface area contributed by atoms with Crippen LogP contribution in [0.4, 0.5) is 5.69 Å². The molecule has 110 valence electrons. The topological polar surface area (TPSA) is 116 Å². The Kier molecular flexibility index (Phi) is 4.22. The number of carbonyl (C=O) groups is 2. The van der Waals surface area contributed by atoms with Crippen molar-refractivity contribution in [2.24, 2.45) is 5.73 Å². The smallest absolute Gasteiger partial charge is 0.272 e. The quantitative estimate of drug-likeness (QED) is 0.692. The summed E-state index contributed by atoms with van der Waals surface area (Å²) in [5.74, 6) is -0.831. The maximum atomic E-state index is 12.0. The van der Waals surface area contributed by atoms with Gasteiger partial charge < -0.3 is 16.8 Å². The number of rotatable bonds is 5. The number of hydrogen-bond acceptors (Lipinski definition) is 4. The molecule has 1 aromatic carbocycles. The average Bonchev–Trinajstić information content (AvgIpc) is 2.87. The average molecular weight is 287 g/mol. The molecule has 2 rings (SSSR count). The predicted molar refractivity (Wildman–Crippen MR) is 78.7 cm³/mol. The van der Waals surface area contributed by atoms with Crippen LogP contribution in [0.2, 0.25) is 0 Å². The second kappa shape index (κ2) is 6.08. The molecule has 7 heteroatoms. The third-order valence-electron chi connectivity index (χ3n) is 2.89. The lowest BCUT2D eigenvalue weighted by Gasteiger charge is -2.10. The molecule has 0 bridgehead atoms. The number of carbonyl (C=O) groups excluding carboxylic acids is 2. The highest BCUT2D eigenvalue weighted by atomic mass is 16.2. The van der Waals surface area contributed by atoms with E-state index in [1.165, 1.54) is 4.68 Å². The Hall–Kier alpha value is -2.83. The normalized spacial score (nSPS) is 11.9. The van der Waals surface area contributed by atoms with Crippen LogP contribution in [0.1, 0.15) is 23.8 Å². The van der Waals surface area contributed by atoms with E-state index in [1.807, 2.05) is 12.1 Å². The van der Waals surface area contributed by atoms with E-state index in [-0.39, 0.29) is 24.1 Å². The van der Waals surface area contributed by atoms with Crippen LogP contribution in [-0.2, 0) is 4.79 Å². The molecule has 1 heterocycles. The lowest BCUT2D eigenvalue weighted by atomic mass is 10.2. The second-order valence-corrected chi connectivity index (χ2v) is 4.75. The zero-order chi connectivity index (χ0) is 15.4. The summed E-state index contributed by atoms with van der Waals surface area (Å²) in [6, 6.07) is 8.45. The number of amides is 2. The largest absolute Gasteiger partial charge is 0.397 e. The molecular formula is C14H17N5O2. The summed E-state index contributed by atoms with van der Waals surface area (Å²) in [6.45, 7) is 1.70. The molecular weight excluding hydrogens is 270 g/mol. The third kappa shape index (κ3) is 3.59. The van der Waals surface area contributed by atoms with Gasteiger partial charge in [0.1, 0.15) is 0 Å². The third-order valence-corrected chi connectivity index (χ3v) is 2.89. The van der Waals surface area contributed by atoms with Crippen LogP contribution in [0.25, 0.3) is 5.69 Å². The lowest BCUT2D eigenvalue weighted by molar-refractivity contribution is -0.118. The molecule has 0 aliphatic rings. The molecule has 0 saturated carbocycles. The van der Waals surface area contributed by atoms with E-state index < -0.39 is 5.91 Å². The van der Waals surface area contributed by atoms with Gasteiger partial charge in [0.2, 0.25) is 5.91 Å². The first-order chi connectivity index (χ1) is 9.97. The molecule has 0 aliphatic carbocycles. The Morgan fingerprint density at radius 2 is 2.05 bits per heavy atom. The van der Waals surface area contributed by atoms with Gasteiger partial charge in [0, 0.05) is 18.7 Å². The Morgan fingerprint density at radius 1 is 1.33 bits per heavy atom. The summed E-state index contributed by atoms with van der Waals surface area (Å²) in [5.41, 5.74) is 12.4. The van der Waals surface area contributed by atoms with Gasteiger partial charge >= 0.3 is 0 Å². The molecule has 0 saturated heterocycles. The van der Waals surface area contributed by atoms with Crippen LogP contribution < -0.4 is 16.8 Å². The summed E-state index contributed by atoms with van der Waals surface area (Å²) in [7, 11) is 0. The molecule has 5 N–H and O–H groups in total. The van der Waals surface area contributed by atoms with Crippen molar-refractivity contribution >= 4 is 17.5 Å². The number of aromatic nitrogens is 2. The van der Waals surface area contributed by atoms with Gasteiger partial charge in [0.05, 0.1) is 11.4 Å². The summed E-state index contributed by atoms with van der Waals surface area (Å²) in [4.78, 5) is 22.8. The Balaban J connectivity index is 2.11. The van der Waals surface area contributed by atoms with Crippen LogP contribution in [0.15, 0.2) is 36.5 Å². The fraction of sp³-hybridized carbons (Fsp3) is 0.214. The highest BCUT2D eigenvalue weighted by molar-refractivity contribution is 5.92. The van der Waals surface area contributed by atoms with E-state index in [0.717, 1.165) is 0 Å². The minimum atomic E-state index is -0.467. The zero-order valence-electron chi connectivity index (χ0n) is 11.6. The van der Waals surface area contributed by atoms with Crippen molar-refractivity contribution in [3.63, 3.8) is 0 Å². The molecule has 7 nitrogen and oxygen atoms in total. The van der Waals surface area contributed by atoms with Gasteiger partial charge in [0.25, 0.3) is 5.91 Å². The van der Waals surface area contributed by atoms with Crippen molar-refractivity contribution in [2.75, 3.05) is 5.73 Å². The Morgan fingerprint density at radius 3 is 2.71 bits per heavy atom. The number of nitrogens with two attached hydrogens (primary N) is 2. The summed E-state index contributed by atoms with van der Waals surface area (Å²) in [5, 5.41) is 6.84. The van der Waals surface area contributed by atoms with E-state index >= 15 is 0 Å². The van der Waals surface area contributed by atoms with Gasteiger partial charge in [-0.3, -0.25) is 9.59 Å². The number of hydrogen-bond donors (Lipinski definition) is 3. The lowest BCUT2D eigenvalue weighted by Crippen LogP contribution is -2.35. The van der Waals surface area contributed by atoms with Gasteiger partial charge in [-0.15, -0.1) is 0 Å². The van der Waals surface area contributed by atoms with Crippen LogP contribution in [0.5, 0.6) is 0 Å². The molecule has 1 aromatic heterocycles. The van der Waals surface area contributed by atoms with Crippen LogP contribution in [0.3, 0.4) is 0 Å². The van der Waals surface area contributed by atoms with E-state index in [0.29, 0.717) is 11.4 Å². The molecule has 1 unspecified atom stereocenters. The first-order valence-electron chi connectivity index (χ1n) is 6.47. The molecule has 21 heavy (non-hydrogen) atoms. The SMILES string of the molecule is CC(CC(N)=O)NC(=O)c1ccn(-c2ccccc2N)n1. The fourth-order valence-electron chi connectivity index (χ4n) is 1.93. The summed E-state index contributed by atoms with van der Waals surface area (Å²) >= 11 is 0. The number of para-hydroxylation sites is 2. The first-order valence-corrected chi connectivity index (χ1v) is 6.47. The Labute approximate surface area is 121 Å². The first kappa shape index (κ1) is 14.6. The molecule has 2 aromatic rings. The number of benzene rings is 1. The van der Waals surface area contributed by atoms with E-state index in [1.54, 1.807) is 31.3 Å². The number of nitrogens with zero attached hydrogens (tertiary/aromatic N) is 2. The highest BCUT2D eigenvalue weighted by Gasteiger charge is 2.14. The number of anilines is 1. The Bertz CT molecular complexity index is 665. The van der Waals surface area contributed by atoms with Gasteiger partial charge in [-0.2, -0.15) is 5.10 Å². The molecule has 1 atom stereocenters. The maximum Gasteiger partial charge on any atom is 0.272 e. The van der Waals surface area contributed by atoms with Crippen LogP contribution in [0, 0.1) is 0 Å². The van der Waals surface area contributed by atoms with Crippen molar-refractivity contribution in [3.05, 3.63) is 42.2 Å². The highest BCUT2D eigenvalue weighted by Crippen LogP contribution is 2.15. The molecule has 0 aliphatic heterocycles. The summed E-state index contributed by atoms with van der Waals surface area (Å²) < 4.78 is 1.53.